The molecule has 0 aliphatic heterocycles. The Morgan fingerprint density at radius 2 is 1.07 bits per heavy atom. The molecule has 0 heterocycles. The highest BCUT2D eigenvalue weighted by Gasteiger charge is 1.97. The second-order valence-electron chi connectivity index (χ2n) is 7.64. The van der Waals surface area contributed by atoms with E-state index in [-0.39, 0.29) is 0 Å². The van der Waals surface area contributed by atoms with Crippen LogP contribution in [0.5, 0.6) is 5.75 Å². The molecule has 158 valence electrons. The number of thiol groups is 1. The van der Waals surface area contributed by atoms with Crippen molar-refractivity contribution >= 4 is 24.0 Å². The molecule has 0 fully saturated rings. The highest BCUT2D eigenvalue weighted by Crippen LogP contribution is 2.22. The van der Waals surface area contributed by atoms with E-state index in [1.54, 1.807) is 0 Å². The van der Waals surface area contributed by atoms with Gasteiger partial charge in [-0.1, -0.05) is 69.1 Å². The summed E-state index contributed by atoms with van der Waals surface area (Å²) in [6.45, 7) is 2.85. The minimum atomic E-state index is 0.786. The molecule has 0 aliphatic carbocycles. The predicted octanol–water partition coefficient (Wildman–Crippen LogP) is 8.62. The fourth-order valence-electron chi connectivity index (χ4n) is 3.15. The fourth-order valence-corrected chi connectivity index (χ4v) is 3.38. The zero-order chi connectivity index (χ0) is 20.6. The normalized spacial score (nSPS) is 11.2. The molecule has 2 rings (SSSR count). The highest BCUT2D eigenvalue weighted by atomic mass is 32.1. The standard InChI is InChI=1S/C25H36N2OS/c1-22-12-14-23(15-13-22)26-27-24-16-18-25(19-17-24)28-20-10-8-6-4-2-3-5-7-9-11-21-29/h12-19,29H,2-11,20-21H2,1H3. The minimum Gasteiger partial charge on any atom is -0.494 e. The van der Waals surface area contributed by atoms with Crippen molar-refractivity contribution in [2.75, 3.05) is 12.4 Å². The van der Waals surface area contributed by atoms with Gasteiger partial charge in [0.2, 0.25) is 0 Å². The summed E-state index contributed by atoms with van der Waals surface area (Å²) in [5.74, 6) is 1.94. The lowest BCUT2D eigenvalue weighted by Gasteiger charge is -2.06. The van der Waals surface area contributed by atoms with Crippen LogP contribution in [0.3, 0.4) is 0 Å². The first-order valence-corrected chi connectivity index (χ1v) is 11.7. The molecule has 0 bridgehead atoms. The van der Waals surface area contributed by atoms with E-state index in [0.29, 0.717) is 0 Å². The largest absolute Gasteiger partial charge is 0.494 e. The second kappa shape index (κ2) is 15.1. The molecular weight excluding hydrogens is 376 g/mol. The summed E-state index contributed by atoms with van der Waals surface area (Å²) in [5, 5.41) is 8.54. The van der Waals surface area contributed by atoms with Crippen molar-refractivity contribution in [3.63, 3.8) is 0 Å². The zero-order valence-corrected chi connectivity index (χ0v) is 18.7. The highest BCUT2D eigenvalue weighted by molar-refractivity contribution is 7.80. The van der Waals surface area contributed by atoms with Crippen molar-refractivity contribution in [2.45, 2.75) is 71.1 Å². The number of benzene rings is 2. The van der Waals surface area contributed by atoms with E-state index in [0.717, 1.165) is 35.9 Å². The minimum absolute atomic E-state index is 0.786. The number of ether oxygens (including phenoxy) is 1. The number of aryl methyl sites for hydroxylation is 1. The maximum atomic E-state index is 5.84. The third kappa shape index (κ3) is 11.1. The van der Waals surface area contributed by atoms with Crippen LogP contribution in [-0.2, 0) is 0 Å². The molecule has 0 saturated carbocycles. The Bertz CT molecular complexity index is 683. The van der Waals surface area contributed by atoms with Crippen LogP contribution in [-0.4, -0.2) is 12.4 Å². The Balaban J connectivity index is 1.51. The third-order valence-corrected chi connectivity index (χ3v) is 5.29. The van der Waals surface area contributed by atoms with Gasteiger partial charge in [-0.15, -0.1) is 0 Å². The molecule has 0 saturated heterocycles. The lowest BCUT2D eigenvalue weighted by molar-refractivity contribution is 0.304. The average Bonchev–Trinajstić information content (AvgIpc) is 2.75. The number of hydrogen-bond donors (Lipinski definition) is 1. The van der Waals surface area contributed by atoms with Gasteiger partial charge in [0.05, 0.1) is 18.0 Å². The molecule has 0 aliphatic rings. The number of nitrogens with zero attached hydrogens (tertiary/aromatic N) is 2. The molecule has 3 nitrogen and oxygen atoms in total. The van der Waals surface area contributed by atoms with Gasteiger partial charge in [-0.2, -0.15) is 22.9 Å². The van der Waals surface area contributed by atoms with Crippen molar-refractivity contribution in [3.8, 4) is 5.75 Å². The maximum Gasteiger partial charge on any atom is 0.119 e. The van der Waals surface area contributed by atoms with E-state index >= 15 is 0 Å². The zero-order valence-electron chi connectivity index (χ0n) is 17.9. The number of hydrogen-bond acceptors (Lipinski definition) is 4. The summed E-state index contributed by atoms with van der Waals surface area (Å²) in [6, 6.07) is 15.9. The van der Waals surface area contributed by atoms with Crippen molar-refractivity contribution < 1.29 is 4.74 Å². The molecule has 0 atom stereocenters. The van der Waals surface area contributed by atoms with Gasteiger partial charge in [0.25, 0.3) is 0 Å². The van der Waals surface area contributed by atoms with Gasteiger partial charge in [-0.25, -0.2) is 0 Å². The summed E-state index contributed by atoms with van der Waals surface area (Å²) in [4.78, 5) is 0. The summed E-state index contributed by atoms with van der Waals surface area (Å²) in [5.41, 5.74) is 2.92. The molecule has 0 aromatic heterocycles. The van der Waals surface area contributed by atoms with Gasteiger partial charge in [0, 0.05) is 0 Å². The van der Waals surface area contributed by atoms with Gasteiger partial charge < -0.3 is 4.74 Å². The van der Waals surface area contributed by atoms with E-state index in [9.17, 15) is 0 Å². The molecule has 0 radical (unpaired) electrons. The van der Waals surface area contributed by atoms with E-state index in [1.807, 2.05) is 48.5 Å². The topological polar surface area (TPSA) is 34.0 Å². The summed E-state index contributed by atoms with van der Waals surface area (Å²) in [6.07, 6.45) is 13.2. The van der Waals surface area contributed by atoms with Gasteiger partial charge in [-0.3, -0.25) is 0 Å². The smallest absolute Gasteiger partial charge is 0.119 e. The van der Waals surface area contributed by atoms with E-state index in [4.69, 9.17) is 4.74 Å². The van der Waals surface area contributed by atoms with Crippen LogP contribution in [0.1, 0.15) is 69.8 Å². The number of azo groups is 1. The first kappa shape index (κ1) is 23.5. The molecule has 4 heteroatoms. The third-order valence-electron chi connectivity index (χ3n) is 4.97. The first-order chi connectivity index (χ1) is 14.3. The average molecular weight is 413 g/mol. The van der Waals surface area contributed by atoms with Crippen molar-refractivity contribution in [2.24, 2.45) is 10.2 Å². The molecule has 29 heavy (non-hydrogen) atoms. The molecule has 0 spiro atoms. The Morgan fingerprint density at radius 3 is 1.59 bits per heavy atom. The van der Waals surface area contributed by atoms with Crippen LogP contribution in [0.25, 0.3) is 0 Å². The van der Waals surface area contributed by atoms with E-state index in [2.05, 4.69) is 29.8 Å². The van der Waals surface area contributed by atoms with Gasteiger partial charge in [0.1, 0.15) is 5.75 Å². The first-order valence-electron chi connectivity index (χ1n) is 11.1. The lowest BCUT2D eigenvalue weighted by atomic mass is 10.1. The molecule has 0 amide bonds. The van der Waals surface area contributed by atoms with Crippen molar-refractivity contribution in [3.05, 3.63) is 54.1 Å². The Hall–Kier alpha value is -1.81. The van der Waals surface area contributed by atoms with Crippen molar-refractivity contribution in [1.29, 1.82) is 0 Å². The molecule has 2 aromatic carbocycles. The van der Waals surface area contributed by atoms with Crippen molar-refractivity contribution in [1.82, 2.24) is 0 Å². The monoisotopic (exact) mass is 412 g/mol. The number of rotatable bonds is 15. The van der Waals surface area contributed by atoms with Crippen LogP contribution in [0.2, 0.25) is 0 Å². The quantitative estimate of drug-likeness (QED) is 0.177. The Morgan fingerprint density at radius 1 is 0.621 bits per heavy atom. The van der Waals surface area contributed by atoms with Crippen LogP contribution in [0.15, 0.2) is 58.8 Å². The van der Waals surface area contributed by atoms with Gasteiger partial charge >= 0.3 is 0 Å². The van der Waals surface area contributed by atoms with E-state index in [1.165, 1.54) is 63.4 Å². The Kier molecular flexibility index (Phi) is 12.2. The van der Waals surface area contributed by atoms with Crippen LogP contribution < -0.4 is 4.74 Å². The SMILES string of the molecule is Cc1ccc(N=Nc2ccc(OCCCCCCCCCCCCS)cc2)cc1. The molecule has 2 aromatic rings. The summed E-state index contributed by atoms with van der Waals surface area (Å²) >= 11 is 4.25. The molecule has 0 unspecified atom stereocenters. The summed E-state index contributed by atoms with van der Waals surface area (Å²) in [7, 11) is 0. The lowest BCUT2D eigenvalue weighted by Crippen LogP contribution is -1.96. The Labute approximate surface area is 182 Å². The van der Waals surface area contributed by atoms with Crippen LogP contribution in [0.4, 0.5) is 11.4 Å². The number of unbranched alkanes of at least 4 members (excludes halogenated alkanes) is 9. The second-order valence-corrected chi connectivity index (χ2v) is 8.08. The van der Waals surface area contributed by atoms with Crippen LogP contribution in [0, 0.1) is 6.92 Å². The predicted molar refractivity (Wildman–Crippen MR) is 127 cm³/mol. The van der Waals surface area contributed by atoms with Gasteiger partial charge in [-0.05, 0) is 61.9 Å². The fraction of sp³-hybridized carbons (Fsp3) is 0.520. The van der Waals surface area contributed by atoms with Gasteiger partial charge in [0.15, 0.2) is 0 Å². The van der Waals surface area contributed by atoms with Crippen LogP contribution >= 0.6 is 12.6 Å². The molecule has 0 N–H and O–H groups in total. The van der Waals surface area contributed by atoms with E-state index < -0.39 is 0 Å². The molecular formula is C25H36N2OS. The summed E-state index contributed by atoms with van der Waals surface area (Å²) < 4.78 is 5.84. The maximum absolute atomic E-state index is 5.84.